The number of aromatic nitrogens is 2. The number of halogens is 1. The Kier molecular flexibility index (Phi) is 7.60. The van der Waals surface area contributed by atoms with Crippen molar-refractivity contribution in [2.75, 3.05) is 26.2 Å². The molecule has 1 saturated heterocycles. The lowest BCUT2D eigenvalue weighted by molar-refractivity contribution is -0.137. The van der Waals surface area contributed by atoms with Gasteiger partial charge in [0.15, 0.2) is 5.76 Å². The molecule has 2 aromatic heterocycles. The fourth-order valence-electron chi connectivity index (χ4n) is 4.58. The van der Waals surface area contributed by atoms with Gasteiger partial charge in [-0.1, -0.05) is 41.6 Å². The molecule has 4 aromatic rings. The third-order valence-electron chi connectivity index (χ3n) is 6.49. The highest BCUT2D eigenvalue weighted by atomic mass is 19.1. The number of piperazine rings is 1. The predicted octanol–water partition coefficient (Wildman–Crippen LogP) is 3.53. The second-order valence-electron chi connectivity index (χ2n) is 9.25. The van der Waals surface area contributed by atoms with Crippen molar-refractivity contribution >= 4 is 11.8 Å². The number of hydrogen-bond donors (Lipinski definition) is 1. The molecule has 1 atom stereocenters. The Labute approximate surface area is 219 Å². The zero-order chi connectivity index (χ0) is 26.5. The fraction of sp³-hybridized carbons (Fsp3) is 0.286. The van der Waals surface area contributed by atoms with Gasteiger partial charge in [0.05, 0.1) is 6.26 Å². The number of hydrogen-bond acceptors (Lipinski definition) is 7. The van der Waals surface area contributed by atoms with Gasteiger partial charge < -0.3 is 19.2 Å². The summed E-state index contributed by atoms with van der Waals surface area (Å²) >= 11 is 0. The number of benzene rings is 2. The Morgan fingerprint density at radius 3 is 2.61 bits per heavy atom. The maximum atomic E-state index is 14.2. The van der Waals surface area contributed by atoms with Gasteiger partial charge in [0.25, 0.3) is 5.89 Å². The molecule has 1 aliphatic rings. The Morgan fingerprint density at radius 2 is 1.87 bits per heavy atom. The summed E-state index contributed by atoms with van der Waals surface area (Å²) < 4.78 is 24.8. The van der Waals surface area contributed by atoms with Crippen LogP contribution in [-0.4, -0.2) is 64.0 Å². The molecule has 1 N–H and O–H groups in total. The van der Waals surface area contributed by atoms with Gasteiger partial charge in [-0.15, -0.1) is 0 Å². The lowest BCUT2D eigenvalue weighted by Gasteiger charge is -2.36. The van der Waals surface area contributed by atoms with Crippen LogP contribution in [-0.2, 0) is 22.6 Å². The van der Waals surface area contributed by atoms with Crippen molar-refractivity contribution in [3.8, 4) is 23.0 Å². The fourth-order valence-corrected chi connectivity index (χ4v) is 4.58. The van der Waals surface area contributed by atoms with Crippen molar-refractivity contribution in [2.45, 2.75) is 25.9 Å². The average Bonchev–Trinajstić information content (AvgIpc) is 3.62. The largest absolute Gasteiger partial charge is 0.459 e. The molecule has 10 heteroatoms. The highest BCUT2D eigenvalue weighted by molar-refractivity contribution is 5.87. The van der Waals surface area contributed by atoms with E-state index in [2.05, 4.69) is 20.4 Å². The molecule has 196 valence electrons. The molecule has 2 amide bonds. The van der Waals surface area contributed by atoms with Crippen molar-refractivity contribution in [3.05, 3.63) is 83.9 Å². The van der Waals surface area contributed by atoms with Crippen LogP contribution >= 0.6 is 0 Å². The van der Waals surface area contributed by atoms with E-state index in [1.165, 1.54) is 13.0 Å². The molecule has 9 nitrogen and oxygen atoms in total. The summed E-state index contributed by atoms with van der Waals surface area (Å²) in [5.74, 6) is 0.407. The number of amides is 2. The van der Waals surface area contributed by atoms with Gasteiger partial charge in [-0.3, -0.25) is 14.5 Å². The Bertz CT molecular complexity index is 1400. The number of carbonyl (C=O) groups is 2. The van der Waals surface area contributed by atoms with Gasteiger partial charge in [-0.25, -0.2) is 4.39 Å². The molecule has 2 aromatic carbocycles. The standard InChI is InChI=1S/C28H28FN5O4/c1-19(35)30-24(17-21-7-2-3-9-23(21)29)28(36)34-13-11-33(12-14-34)18-20-6-4-8-22(16-20)26-31-27(38-32-26)25-10-5-15-37-25/h2-10,15-16,24H,11-14,17-18H2,1H3,(H,30,35)/t24-/m1/s1. The molecule has 5 rings (SSSR count). The summed E-state index contributed by atoms with van der Waals surface area (Å²) in [6.07, 6.45) is 1.66. The second kappa shape index (κ2) is 11.4. The van der Waals surface area contributed by atoms with E-state index in [0.29, 0.717) is 55.8 Å². The van der Waals surface area contributed by atoms with Crippen LogP contribution in [0, 0.1) is 5.82 Å². The quantitative estimate of drug-likeness (QED) is 0.381. The lowest BCUT2D eigenvalue weighted by atomic mass is 10.0. The summed E-state index contributed by atoms with van der Waals surface area (Å²) in [6.45, 7) is 4.44. The summed E-state index contributed by atoms with van der Waals surface area (Å²) in [6, 6.07) is 17.0. The van der Waals surface area contributed by atoms with E-state index >= 15 is 0 Å². The van der Waals surface area contributed by atoms with E-state index in [4.69, 9.17) is 8.94 Å². The number of nitrogens with one attached hydrogen (secondary N) is 1. The first-order valence-corrected chi connectivity index (χ1v) is 12.4. The Balaban J connectivity index is 1.19. The van der Waals surface area contributed by atoms with Crippen molar-refractivity contribution in [1.29, 1.82) is 0 Å². The van der Waals surface area contributed by atoms with Gasteiger partial charge in [-0.2, -0.15) is 4.98 Å². The van der Waals surface area contributed by atoms with E-state index in [1.807, 2.05) is 24.3 Å². The second-order valence-corrected chi connectivity index (χ2v) is 9.25. The van der Waals surface area contributed by atoms with Gasteiger partial charge in [-0.05, 0) is 35.4 Å². The monoisotopic (exact) mass is 517 g/mol. The van der Waals surface area contributed by atoms with Gasteiger partial charge in [0.1, 0.15) is 11.9 Å². The minimum Gasteiger partial charge on any atom is -0.459 e. The molecule has 0 radical (unpaired) electrons. The van der Waals surface area contributed by atoms with E-state index in [1.54, 1.807) is 41.5 Å². The van der Waals surface area contributed by atoms with Crippen LogP contribution in [0.2, 0.25) is 0 Å². The van der Waals surface area contributed by atoms with E-state index in [0.717, 1.165) is 11.1 Å². The van der Waals surface area contributed by atoms with Crippen LogP contribution in [0.25, 0.3) is 23.0 Å². The molecule has 1 aliphatic heterocycles. The first-order valence-electron chi connectivity index (χ1n) is 12.4. The van der Waals surface area contributed by atoms with Crippen LogP contribution in [0.15, 0.2) is 75.9 Å². The number of furan rings is 1. The zero-order valence-corrected chi connectivity index (χ0v) is 21.0. The van der Waals surface area contributed by atoms with Crippen LogP contribution in [0.1, 0.15) is 18.1 Å². The van der Waals surface area contributed by atoms with Gasteiger partial charge >= 0.3 is 0 Å². The third-order valence-corrected chi connectivity index (χ3v) is 6.49. The van der Waals surface area contributed by atoms with Crippen molar-refractivity contribution in [2.24, 2.45) is 0 Å². The maximum Gasteiger partial charge on any atom is 0.293 e. The first kappa shape index (κ1) is 25.3. The Morgan fingerprint density at radius 1 is 1.05 bits per heavy atom. The van der Waals surface area contributed by atoms with E-state index in [-0.39, 0.29) is 24.1 Å². The molecule has 0 unspecified atom stereocenters. The molecule has 1 fully saturated rings. The SMILES string of the molecule is CC(=O)N[C@H](Cc1ccccc1F)C(=O)N1CCN(Cc2cccc(-c3noc(-c4ccco4)n3)c2)CC1. The summed E-state index contributed by atoms with van der Waals surface area (Å²) in [5.41, 5.74) is 2.32. The van der Waals surface area contributed by atoms with Crippen molar-refractivity contribution in [1.82, 2.24) is 25.3 Å². The van der Waals surface area contributed by atoms with Gasteiger partial charge in [0.2, 0.25) is 17.6 Å². The van der Waals surface area contributed by atoms with E-state index < -0.39 is 6.04 Å². The molecule has 0 aliphatic carbocycles. The third kappa shape index (κ3) is 5.97. The lowest BCUT2D eigenvalue weighted by Crippen LogP contribution is -2.55. The normalized spacial score (nSPS) is 14.8. The average molecular weight is 518 g/mol. The van der Waals surface area contributed by atoms with Gasteiger partial charge in [0, 0.05) is 51.6 Å². The molecule has 0 bridgehead atoms. The summed E-state index contributed by atoms with van der Waals surface area (Å²) in [5, 5.41) is 6.77. The number of carbonyl (C=O) groups excluding carboxylic acids is 2. The zero-order valence-electron chi connectivity index (χ0n) is 21.0. The highest BCUT2D eigenvalue weighted by Crippen LogP contribution is 2.23. The van der Waals surface area contributed by atoms with Crippen LogP contribution in [0.5, 0.6) is 0 Å². The van der Waals surface area contributed by atoms with Crippen LogP contribution in [0.4, 0.5) is 4.39 Å². The smallest absolute Gasteiger partial charge is 0.293 e. The molecule has 3 heterocycles. The van der Waals surface area contributed by atoms with Crippen LogP contribution in [0.3, 0.4) is 0 Å². The predicted molar refractivity (Wildman–Crippen MR) is 137 cm³/mol. The van der Waals surface area contributed by atoms with Crippen molar-refractivity contribution in [3.63, 3.8) is 0 Å². The van der Waals surface area contributed by atoms with Crippen LogP contribution < -0.4 is 5.32 Å². The molecular formula is C28H28FN5O4. The first-order chi connectivity index (χ1) is 18.5. The maximum absolute atomic E-state index is 14.2. The Hall–Kier alpha value is -4.31. The summed E-state index contributed by atoms with van der Waals surface area (Å²) in [4.78, 5) is 33.4. The minimum absolute atomic E-state index is 0.107. The number of nitrogens with zero attached hydrogens (tertiary/aromatic N) is 4. The number of rotatable bonds is 8. The minimum atomic E-state index is -0.811. The molecule has 38 heavy (non-hydrogen) atoms. The molecule has 0 spiro atoms. The van der Waals surface area contributed by atoms with Crippen molar-refractivity contribution < 1.29 is 22.9 Å². The highest BCUT2D eigenvalue weighted by Gasteiger charge is 2.29. The molecular weight excluding hydrogens is 489 g/mol. The summed E-state index contributed by atoms with van der Waals surface area (Å²) in [7, 11) is 0. The topological polar surface area (TPSA) is 105 Å². The molecule has 0 saturated carbocycles. The van der Waals surface area contributed by atoms with E-state index in [9.17, 15) is 14.0 Å².